The molecule has 0 aliphatic rings. The molecule has 0 spiro atoms. The molecule has 0 bridgehead atoms. The molecule has 0 radical (unpaired) electrons. The molecule has 0 amide bonds. The molecule has 4 nitrogen and oxygen atoms in total. The van der Waals surface area contributed by atoms with Gasteiger partial charge in [0.1, 0.15) is 5.82 Å². The molecule has 0 aliphatic carbocycles. The summed E-state index contributed by atoms with van der Waals surface area (Å²) in [4.78, 5) is 14.7. The van der Waals surface area contributed by atoms with Gasteiger partial charge in [0.05, 0.1) is 26.3 Å². The fraction of sp³-hybridized carbons (Fsp3) is 0. The maximum Gasteiger partial charge on any atom is 0.337 e. The molecule has 8 heteroatoms. The Morgan fingerprint density at radius 1 is 1.25 bits per heavy atom. The van der Waals surface area contributed by atoms with E-state index in [1.54, 1.807) is 12.1 Å². The monoisotopic (exact) mass is 394 g/mol. The molecule has 2 aromatic rings. The number of halogens is 4. The summed E-state index contributed by atoms with van der Waals surface area (Å²) in [7, 11) is 0. The van der Waals surface area contributed by atoms with E-state index < -0.39 is 5.97 Å². The number of carbonyl (C=O) groups is 1. The third-order valence-electron chi connectivity index (χ3n) is 2.38. The van der Waals surface area contributed by atoms with Crippen LogP contribution >= 0.6 is 50.7 Å². The van der Waals surface area contributed by atoms with Gasteiger partial charge < -0.3 is 10.4 Å². The minimum absolute atomic E-state index is 0.000450. The lowest BCUT2D eigenvalue weighted by Crippen LogP contribution is -2.01. The standard InChI is InChI=1S/C12H6BrCl3N2O2/c13-6-1-2-8(10(16)9(6)15)18-11-7(14)3-5(4-17-11)12(19)20/h1-4H,(H,17,18)(H,19,20). The number of aromatic carboxylic acids is 1. The van der Waals surface area contributed by atoms with Gasteiger partial charge in [0.15, 0.2) is 0 Å². The van der Waals surface area contributed by atoms with Crippen LogP contribution in [0.5, 0.6) is 0 Å². The minimum atomic E-state index is -1.10. The highest BCUT2D eigenvalue weighted by atomic mass is 79.9. The Morgan fingerprint density at radius 3 is 2.55 bits per heavy atom. The molecule has 0 saturated heterocycles. The van der Waals surface area contributed by atoms with Gasteiger partial charge in [0.25, 0.3) is 0 Å². The van der Waals surface area contributed by atoms with E-state index in [0.29, 0.717) is 20.2 Å². The third-order valence-corrected chi connectivity index (χ3v) is 4.44. The largest absolute Gasteiger partial charge is 0.478 e. The molecule has 1 aromatic heterocycles. The summed E-state index contributed by atoms with van der Waals surface area (Å²) in [6, 6.07) is 4.71. The molecule has 2 N–H and O–H groups in total. The van der Waals surface area contributed by atoms with Gasteiger partial charge in [-0.25, -0.2) is 9.78 Å². The highest BCUT2D eigenvalue weighted by Crippen LogP contribution is 2.37. The smallest absolute Gasteiger partial charge is 0.337 e. The van der Waals surface area contributed by atoms with Gasteiger partial charge >= 0.3 is 5.97 Å². The second-order valence-electron chi connectivity index (χ2n) is 3.71. The number of nitrogens with zero attached hydrogens (tertiary/aromatic N) is 1. The van der Waals surface area contributed by atoms with Crippen LogP contribution in [0.1, 0.15) is 10.4 Å². The Kier molecular flexibility index (Phi) is 4.75. The SMILES string of the molecule is O=C(O)c1cnc(Nc2ccc(Br)c(Cl)c2Cl)c(Cl)c1. The van der Waals surface area contributed by atoms with Crippen molar-refractivity contribution in [2.75, 3.05) is 5.32 Å². The molecule has 0 atom stereocenters. The van der Waals surface area contributed by atoms with E-state index in [0.717, 1.165) is 0 Å². The molecule has 104 valence electrons. The molecule has 1 heterocycles. The summed E-state index contributed by atoms with van der Waals surface area (Å²) in [5, 5.41) is 12.6. The van der Waals surface area contributed by atoms with E-state index in [4.69, 9.17) is 39.9 Å². The number of rotatable bonds is 3. The summed E-state index contributed by atoms with van der Waals surface area (Å²) >= 11 is 21.3. The van der Waals surface area contributed by atoms with E-state index in [2.05, 4.69) is 26.2 Å². The summed E-state index contributed by atoms with van der Waals surface area (Å²) in [6.45, 7) is 0. The van der Waals surface area contributed by atoms with Gasteiger partial charge in [-0.1, -0.05) is 34.8 Å². The number of hydrogen-bond acceptors (Lipinski definition) is 3. The van der Waals surface area contributed by atoms with Gasteiger partial charge in [-0.15, -0.1) is 0 Å². The fourth-order valence-corrected chi connectivity index (χ4v) is 2.43. The first-order valence-electron chi connectivity index (χ1n) is 5.19. The van der Waals surface area contributed by atoms with Crippen LogP contribution in [-0.4, -0.2) is 16.1 Å². The van der Waals surface area contributed by atoms with Gasteiger partial charge in [-0.05, 0) is 34.1 Å². The lowest BCUT2D eigenvalue weighted by Gasteiger charge is -2.11. The Labute approximate surface area is 137 Å². The van der Waals surface area contributed by atoms with Crippen molar-refractivity contribution in [1.29, 1.82) is 0 Å². The van der Waals surface area contributed by atoms with E-state index in [9.17, 15) is 4.79 Å². The first-order chi connectivity index (χ1) is 9.40. The molecular formula is C12H6BrCl3N2O2. The molecule has 0 saturated carbocycles. The minimum Gasteiger partial charge on any atom is -0.478 e. The summed E-state index contributed by atoms with van der Waals surface area (Å²) in [5.41, 5.74) is 0.512. The van der Waals surface area contributed by atoms with Crippen LogP contribution in [0.3, 0.4) is 0 Å². The Balaban J connectivity index is 2.36. The van der Waals surface area contributed by atoms with Crippen LogP contribution in [0.15, 0.2) is 28.9 Å². The van der Waals surface area contributed by atoms with Crippen molar-refractivity contribution in [2.45, 2.75) is 0 Å². The second kappa shape index (κ2) is 6.18. The lowest BCUT2D eigenvalue weighted by molar-refractivity contribution is 0.0696. The second-order valence-corrected chi connectivity index (χ2v) is 5.72. The number of aromatic nitrogens is 1. The van der Waals surface area contributed by atoms with Gasteiger partial charge in [-0.3, -0.25) is 0 Å². The Bertz CT molecular complexity index is 695. The van der Waals surface area contributed by atoms with Crippen LogP contribution in [0.2, 0.25) is 15.1 Å². The number of carboxylic acid groups (broad SMARTS) is 1. The van der Waals surface area contributed by atoms with Crippen LogP contribution in [0.25, 0.3) is 0 Å². The maximum absolute atomic E-state index is 10.8. The van der Waals surface area contributed by atoms with Gasteiger partial charge in [-0.2, -0.15) is 0 Å². The van der Waals surface area contributed by atoms with E-state index in [1.165, 1.54) is 12.3 Å². The summed E-state index contributed by atoms with van der Waals surface area (Å²) in [5.74, 6) is -0.812. The first kappa shape index (κ1) is 15.4. The Hall–Kier alpha value is -1.01. The quantitative estimate of drug-likeness (QED) is 0.696. The number of nitrogens with one attached hydrogen (secondary N) is 1. The summed E-state index contributed by atoms with van der Waals surface area (Å²) in [6.07, 6.45) is 1.20. The van der Waals surface area contributed by atoms with Crippen molar-refractivity contribution in [3.05, 3.63) is 49.5 Å². The van der Waals surface area contributed by atoms with Crippen molar-refractivity contribution in [3.8, 4) is 0 Å². The van der Waals surface area contributed by atoms with Crippen molar-refractivity contribution in [3.63, 3.8) is 0 Å². The molecular weight excluding hydrogens is 390 g/mol. The number of benzene rings is 1. The molecule has 0 aliphatic heterocycles. The van der Waals surface area contributed by atoms with Crippen molar-refractivity contribution in [2.24, 2.45) is 0 Å². The van der Waals surface area contributed by atoms with Crippen LogP contribution in [-0.2, 0) is 0 Å². The lowest BCUT2D eigenvalue weighted by atomic mass is 10.2. The average molecular weight is 396 g/mol. The average Bonchev–Trinajstić information content (AvgIpc) is 2.41. The first-order valence-corrected chi connectivity index (χ1v) is 7.12. The third kappa shape index (κ3) is 3.17. The van der Waals surface area contributed by atoms with Crippen LogP contribution < -0.4 is 5.32 Å². The van der Waals surface area contributed by atoms with Crippen LogP contribution in [0, 0.1) is 0 Å². The zero-order chi connectivity index (χ0) is 14.9. The van der Waals surface area contributed by atoms with Crippen molar-refractivity contribution in [1.82, 2.24) is 4.98 Å². The molecule has 20 heavy (non-hydrogen) atoms. The van der Waals surface area contributed by atoms with Gasteiger partial charge in [0, 0.05) is 10.7 Å². The number of carboxylic acids is 1. The van der Waals surface area contributed by atoms with E-state index in [-0.39, 0.29) is 16.4 Å². The van der Waals surface area contributed by atoms with Crippen molar-refractivity contribution >= 4 is 68.2 Å². The van der Waals surface area contributed by atoms with Crippen LogP contribution in [0.4, 0.5) is 11.5 Å². The molecule has 0 fully saturated rings. The zero-order valence-electron chi connectivity index (χ0n) is 9.62. The normalized spacial score (nSPS) is 10.4. The topological polar surface area (TPSA) is 62.2 Å². The van der Waals surface area contributed by atoms with Gasteiger partial charge in [0.2, 0.25) is 0 Å². The maximum atomic E-state index is 10.8. The Morgan fingerprint density at radius 2 is 1.95 bits per heavy atom. The van der Waals surface area contributed by atoms with Crippen molar-refractivity contribution < 1.29 is 9.90 Å². The molecule has 2 rings (SSSR count). The summed E-state index contributed by atoms with van der Waals surface area (Å²) < 4.78 is 0.662. The predicted molar refractivity (Wildman–Crippen MR) is 83.7 cm³/mol. The molecule has 0 unspecified atom stereocenters. The highest BCUT2D eigenvalue weighted by Gasteiger charge is 2.12. The fourth-order valence-electron chi connectivity index (χ4n) is 1.40. The van der Waals surface area contributed by atoms with E-state index in [1.807, 2.05) is 0 Å². The predicted octanol–water partition coefficient (Wildman–Crippen LogP) is 5.25. The zero-order valence-corrected chi connectivity index (χ0v) is 13.5. The number of hydrogen-bond donors (Lipinski definition) is 2. The highest BCUT2D eigenvalue weighted by molar-refractivity contribution is 9.10. The number of pyridine rings is 1. The van der Waals surface area contributed by atoms with E-state index >= 15 is 0 Å². The molecule has 1 aromatic carbocycles. The number of anilines is 2.